The molecule has 0 aliphatic rings. The van der Waals surface area contributed by atoms with E-state index < -0.39 is 11.6 Å². The standard InChI is InChI=1S/C11H7IO4/c1-6(13)15-10-5-9-7(4-8(10)12)2-3-11(14)16-9/h2-5H,1H3. The number of carbonyl (C=O) groups is 1. The third kappa shape index (κ3) is 2.24. The lowest BCUT2D eigenvalue weighted by atomic mass is 10.2. The zero-order chi connectivity index (χ0) is 11.7. The molecule has 4 nitrogen and oxygen atoms in total. The number of rotatable bonds is 1. The Morgan fingerprint density at radius 1 is 1.38 bits per heavy atom. The molecule has 0 bridgehead atoms. The van der Waals surface area contributed by atoms with E-state index in [2.05, 4.69) is 22.6 Å². The van der Waals surface area contributed by atoms with Gasteiger partial charge in [0.1, 0.15) is 11.3 Å². The Hall–Kier alpha value is -1.37. The van der Waals surface area contributed by atoms with E-state index in [4.69, 9.17) is 9.15 Å². The normalized spacial score (nSPS) is 10.4. The van der Waals surface area contributed by atoms with Crippen molar-refractivity contribution < 1.29 is 13.9 Å². The number of halogens is 1. The van der Waals surface area contributed by atoms with Crippen LogP contribution in [0.1, 0.15) is 6.92 Å². The van der Waals surface area contributed by atoms with Crippen molar-refractivity contribution in [2.24, 2.45) is 0 Å². The zero-order valence-electron chi connectivity index (χ0n) is 8.32. The summed E-state index contributed by atoms with van der Waals surface area (Å²) in [6, 6.07) is 6.35. The fourth-order valence-corrected chi connectivity index (χ4v) is 1.90. The second-order valence-electron chi connectivity index (χ2n) is 3.17. The predicted octanol–water partition coefficient (Wildman–Crippen LogP) is 2.32. The summed E-state index contributed by atoms with van der Waals surface area (Å²) in [6.07, 6.45) is 0. The fraction of sp³-hybridized carbons (Fsp3) is 0.0909. The molecule has 0 radical (unpaired) electrons. The van der Waals surface area contributed by atoms with Crippen LogP contribution in [0.2, 0.25) is 0 Å². The second-order valence-corrected chi connectivity index (χ2v) is 4.33. The Balaban J connectivity index is 2.63. The molecule has 5 heteroatoms. The van der Waals surface area contributed by atoms with Gasteiger partial charge < -0.3 is 9.15 Å². The number of hydrogen-bond acceptors (Lipinski definition) is 4. The highest BCUT2D eigenvalue weighted by Crippen LogP contribution is 2.26. The largest absolute Gasteiger partial charge is 0.425 e. The monoisotopic (exact) mass is 330 g/mol. The Bertz CT molecular complexity index is 615. The van der Waals surface area contributed by atoms with Gasteiger partial charge in [0, 0.05) is 24.4 Å². The van der Waals surface area contributed by atoms with Gasteiger partial charge in [0.2, 0.25) is 0 Å². The molecule has 0 saturated heterocycles. The first-order valence-electron chi connectivity index (χ1n) is 4.48. The van der Waals surface area contributed by atoms with Crippen LogP contribution in [-0.2, 0) is 4.79 Å². The maximum Gasteiger partial charge on any atom is 0.336 e. The van der Waals surface area contributed by atoms with Crippen molar-refractivity contribution in [1.82, 2.24) is 0 Å². The van der Waals surface area contributed by atoms with Crippen LogP contribution in [0.3, 0.4) is 0 Å². The molecule has 0 amide bonds. The van der Waals surface area contributed by atoms with Gasteiger partial charge in [-0.1, -0.05) is 0 Å². The minimum atomic E-state index is -0.428. The quantitative estimate of drug-likeness (QED) is 0.349. The summed E-state index contributed by atoms with van der Waals surface area (Å²) >= 11 is 2.05. The lowest BCUT2D eigenvalue weighted by Crippen LogP contribution is -2.03. The molecule has 0 aliphatic carbocycles. The van der Waals surface area contributed by atoms with Gasteiger partial charge in [-0.05, 0) is 34.7 Å². The van der Waals surface area contributed by atoms with Crippen molar-refractivity contribution in [3.63, 3.8) is 0 Å². The third-order valence-corrected chi connectivity index (χ3v) is 2.77. The van der Waals surface area contributed by atoms with E-state index in [0.717, 1.165) is 8.96 Å². The van der Waals surface area contributed by atoms with E-state index in [1.807, 2.05) is 0 Å². The molecule has 1 aromatic carbocycles. The molecular weight excluding hydrogens is 323 g/mol. The number of carbonyl (C=O) groups excluding carboxylic acids is 1. The first-order valence-corrected chi connectivity index (χ1v) is 5.56. The maximum atomic E-state index is 11.0. The lowest BCUT2D eigenvalue weighted by molar-refractivity contribution is -0.131. The average molecular weight is 330 g/mol. The van der Waals surface area contributed by atoms with Crippen LogP contribution >= 0.6 is 22.6 Å². The van der Waals surface area contributed by atoms with E-state index >= 15 is 0 Å². The molecule has 0 unspecified atom stereocenters. The minimum absolute atomic E-state index is 0.398. The lowest BCUT2D eigenvalue weighted by Gasteiger charge is -2.05. The highest BCUT2D eigenvalue weighted by Gasteiger charge is 2.07. The Morgan fingerprint density at radius 2 is 2.12 bits per heavy atom. The van der Waals surface area contributed by atoms with E-state index in [-0.39, 0.29) is 0 Å². The fourth-order valence-electron chi connectivity index (χ4n) is 1.30. The minimum Gasteiger partial charge on any atom is -0.425 e. The first-order chi connectivity index (χ1) is 7.56. The molecule has 16 heavy (non-hydrogen) atoms. The number of benzene rings is 1. The highest BCUT2D eigenvalue weighted by molar-refractivity contribution is 14.1. The van der Waals surface area contributed by atoms with E-state index in [1.165, 1.54) is 13.0 Å². The van der Waals surface area contributed by atoms with Crippen molar-refractivity contribution in [2.75, 3.05) is 0 Å². The summed E-state index contributed by atoms with van der Waals surface area (Å²) < 4.78 is 10.8. The summed E-state index contributed by atoms with van der Waals surface area (Å²) in [5.41, 5.74) is -0.0216. The van der Waals surface area contributed by atoms with Gasteiger partial charge in [-0.15, -0.1) is 0 Å². The predicted molar refractivity (Wildman–Crippen MR) is 66.5 cm³/mol. The molecule has 0 saturated carbocycles. The number of esters is 1. The van der Waals surface area contributed by atoms with Gasteiger partial charge in [-0.2, -0.15) is 0 Å². The van der Waals surface area contributed by atoms with Crippen molar-refractivity contribution in [3.05, 3.63) is 38.3 Å². The molecule has 0 atom stereocenters. The van der Waals surface area contributed by atoms with E-state index in [9.17, 15) is 9.59 Å². The SMILES string of the molecule is CC(=O)Oc1cc2oc(=O)ccc2cc1I. The molecule has 82 valence electrons. The van der Waals surface area contributed by atoms with Crippen LogP contribution in [0, 0.1) is 3.57 Å². The molecule has 1 aromatic heterocycles. The topological polar surface area (TPSA) is 56.5 Å². The van der Waals surface area contributed by atoms with Crippen LogP contribution in [0.15, 0.2) is 33.5 Å². The smallest absolute Gasteiger partial charge is 0.336 e. The Morgan fingerprint density at radius 3 is 2.81 bits per heavy atom. The molecule has 0 aliphatic heterocycles. The van der Waals surface area contributed by atoms with Crippen molar-refractivity contribution in [3.8, 4) is 5.75 Å². The third-order valence-electron chi connectivity index (χ3n) is 1.93. The first kappa shape index (κ1) is 11.1. The van der Waals surface area contributed by atoms with E-state index in [0.29, 0.717) is 11.3 Å². The molecule has 2 rings (SSSR count). The van der Waals surface area contributed by atoms with Crippen molar-refractivity contribution in [1.29, 1.82) is 0 Å². The molecule has 0 N–H and O–H groups in total. The van der Waals surface area contributed by atoms with Crippen LogP contribution in [0.25, 0.3) is 11.0 Å². The highest BCUT2D eigenvalue weighted by atomic mass is 127. The Labute approximate surface area is 104 Å². The molecule has 2 aromatic rings. The number of hydrogen-bond donors (Lipinski definition) is 0. The van der Waals surface area contributed by atoms with Gasteiger partial charge in [0.25, 0.3) is 0 Å². The van der Waals surface area contributed by atoms with Gasteiger partial charge in [0.05, 0.1) is 3.57 Å². The molecular formula is C11H7IO4. The summed E-state index contributed by atoms with van der Waals surface area (Å²) in [4.78, 5) is 21.9. The maximum absolute atomic E-state index is 11.0. The van der Waals surface area contributed by atoms with Crippen LogP contribution in [-0.4, -0.2) is 5.97 Å². The van der Waals surface area contributed by atoms with Crippen molar-refractivity contribution >= 4 is 39.5 Å². The van der Waals surface area contributed by atoms with Crippen molar-refractivity contribution in [2.45, 2.75) is 6.92 Å². The van der Waals surface area contributed by atoms with Gasteiger partial charge in [0.15, 0.2) is 0 Å². The van der Waals surface area contributed by atoms with Crippen LogP contribution < -0.4 is 10.4 Å². The summed E-state index contributed by atoms with van der Waals surface area (Å²) in [7, 11) is 0. The number of ether oxygens (including phenoxy) is 1. The molecule has 0 spiro atoms. The summed E-state index contributed by atoms with van der Waals surface area (Å²) in [6.45, 7) is 1.32. The average Bonchev–Trinajstić information content (AvgIpc) is 2.19. The molecule has 1 heterocycles. The zero-order valence-corrected chi connectivity index (χ0v) is 10.5. The Kier molecular flexibility index (Phi) is 2.95. The van der Waals surface area contributed by atoms with E-state index in [1.54, 1.807) is 18.2 Å². The summed E-state index contributed by atoms with van der Waals surface area (Å²) in [5.74, 6) is -0.00880. The van der Waals surface area contributed by atoms with Crippen LogP contribution in [0.4, 0.5) is 0 Å². The van der Waals surface area contributed by atoms with Gasteiger partial charge >= 0.3 is 11.6 Å². The van der Waals surface area contributed by atoms with Gasteiger partial charge in [-0.25, -0.2) is 4.79 Å². The van der Waals surface area contributed by atoms with Gasteiger partial charge in [-0.3, -0.25) is 4.79 Å². The number of fused-ring (bicyclic) bond motifs is 1. The summed E-state index contributed by atoms with van der Waals surface area (Å²) in [5, 5.41) is 0.792. The second kappa shape index (κ2) is 4.25. The molecule has 0 fully saturated rings. The van der Waals surface area contributed by atoms with Crippen LogP contribution in [0.5, 0.6) is 5.75 Å².